The minimum absolute atomic E-state index is 0.0387. The summed E-state index contributed by atoms with van der Waals surface area (Å²) in [5.74, 6) is -2.00. The number of pyridine rings is 1. The van der Waals surface area contributed by atoms with Gasteiger partial charge in [-0.1, -0.05) is 18.6 Å². The van der Waals surface area contributed by atoms with Crippen LogP contribution in [0.4, 0.5) is 37.8 Å². The number of alkyl halides is 6. The summed E-state index contributed by atoms with van der Waals surface area (Å²) in [7, 11) is 0. The number of nitrogens with two attached hydrogens (primary N) is 1. The highest BCUT2D eigenvalue weighted by molar-refractivity contribution is 6.04. The smallest absolute Gasteiger partial charge is 0.383 e. The molecule has 0 radical (unpaired) electrons. The van der Waals surface area contributed by atoms with E-state index in [9.17, 15) is 31.1 Å². The molecule has 0 saturated heterocycles. The van der Waals surface area contributed by atoms with Crippen molar-refractivity contribution < 1.29 is 31.1 Å². The lowest BCUT2D eigenvalue weighted by molar-refractivity contribution is -0.145. The van der Waals surface area contributed by atoms with E-state index in [-0.39, 0.29) is 17.4 Å². The first-order chi connectivity index (χ1) is 15.4. The summed E-state index contributed by atoms with van der Waals surface area (Å²) in [4.78, 5) is 22.6. The molecule has 0 spiro atoms. The first kappa shape index (κ1) is 24.5. The van der Waals surface area contributed by atoms with Crippen molar-refractivity contribution in [3.8, 4) is 0 Å². The van der Waals surface area contributed by atoms with E-state index in [0.717, 1.165) is 24.0 Å². The number of hydrogen-bond donors (Lipinski definition) is 2. The number of aromatic nitrogens is 3. The van der Waals surface area contributed by atoms with Crippen LogP contribution < -0.4 is 11.1 Å². The Morgan fingerprint density at radius 1 is 1.06 bits per heavy atom. The van der Waals surface area contributed by atoms with Crippen LogP contribution in [-0.2, 0) is 17.1 Å². The van der Waals surface area contributed by atoms with Gasteiger partial charge in [0.05, 0.1) is 18.1 Å². The fourth-order valence-electron chi connectivity index (χ4n) is 3.88. The van der Waals surface area contributed by atoms with Gasteiger partial charge in [-0.05, 0) is 49.7 Å². The highest BCUT2D eigenvalue weighted by Gasteiger charge is 2.35. The molecule has 2 aromatic rings. The van der Waals surface area contributed by atoms with Crippen LogP contribution in [0.15, 0.2) is 35.7 Å². The Morgan fingerprint density at radius 2 is 1.67 bits per heavy atom. The van der Waals surface area contributed by atoms with Crippen molar-refractivity contribution in [3.63, 3.8) is 0 Å². The van der Waals surface area contributed by atoms with Crippen molar-refractivity contribution in [1.82, 2.24) is 15.0 Å². The van der Waals surface area contributed by atoms with Crippen LogP contribution in [0, 0.1) is 0 Å². The van der Waals surface area contributed by atoms with Gasteiger partial charge in [0.15, 0.2) is 0 Å². The van der Waals surface area contributed by atoms with E-state index >= 15 is 0 Å². The zero-order valence-corrected chi connectivity index (χ0v) is 17.5. The molecule has 1 amide bonds. The van der Waals surface area contributed by atoms with Gasteiger partial charge in [0.1, 0.15) is 11.5 Å². The molecule has 0 atom stereocenters. The molecule has 1 fully saturated rings. The molecule has 0 bridgehead atoms. The topological polar surface area (TPSA) is 93.8 Å². The summed E-state index contributed by atoms with van der Waals surface area (Å²) in [6, 6.07) is 2.26. The van der Waals surface area contributed by atoms with Crippen molar-refractivity contribution in [3.05, 3.63) is 52.8 Å². The molecule has 1 aliphatic rings. The summed E-state index contributed by atoms with van der Waals surface area (Å²) < 4.78 is 76.1. The number of nitrogen functional groups attached to an aromatic ring is 1. The molecule has 2 heterocycles. The van der Waals surface area contributed by atoms with Crippen LogP contribution in [0.5, 0.6) is 0 Å². The molecule has 2 aromatic heterocycles. The molecule has 178 valence electrons. The van der Waals surface area contributed by atoms with Crippen LogP contribution >= 0.6 is 0 Å². The number of anilines is 2. The number of nitrogens with zero attached hydrogens (tertiary/aromatic N) is 3. The SMILES string of the molecule is CCC(C(=O)Nc1cnc(C(F)(F)F)nc1)=C1CCC(c2ccc(C(F)(F)F)nc2N)CC1. The summed E-state index contributed by atoms with van der Waals surface area (Å²) in [5.41, 5.74) is 6.71. The molecule has 0 aliphatic heterocycles. The average Bonchev–Trinajstić information content (AvgIpc) is 2.74. The largest absolute Gasteiger partial charge is 0.451 e. The fraction of sp³-hybridized carbons (Fsp3) is 0.429. The number of carbonyl (C=O) groups is 1. The van der Waals surface area contributed by atoms with E-state index in [2.05, 4.69) is 20.3 Å². The fourth-order valence-corrected chi connectivity index (χ4v) is 3.88. The summed E-state index contributed by atoms with van der Waals surface area (Å²) >= 11 is 0. The zero-order valence-electron chi connectivity index (χ0n) is 17.5. The Balaban J connectivity index is 1.69. The third-order valence-electron chi connectivity index (χ3n) is 5.49. The highest BCUT2D eigenvalue weighted by atomic mass is 19.4. The maximum absolute atomic E-state index is 12.8. The van der Waals surface area contributed by atoms with E-state index in [1.807, 2.05) is 0 Å². The number of nitrogens with one attached hydrogen (secondary N) is 1. The van der Waals surface area contributed by atoms with Crippen LogP contribution in [-0.4, -0.2) is 20.9 Å². The van der Waals surface area contributed by atoms with Crippen molar-refractivity contribution >= 4 is 17.4 Å². The third kappa shape index (κ3) is 5.79. The van der Waals surface area contributed by atoms with Gasteiger partial charge in [-0.2, -0.15) is 26.3 Å². The minimum Gasteiger partial charge on any atom is -0.383 e. The average molecular weight is 473 g/mol. The Kier molecular flexibility index (Phi) is 6.94. The molecule has 6 nitrogen and oxygen atoms in total. The van der Waals surface area contributed by atoms with Gasteiger partial charge < -0.3 is 11.1 Å². The minimum atomic E-state index is -4.68. The van der Waals surface area contributed by atoms with Crippen molar-refractivity contribution in [2.45, 2.75) is 57.3 Å². The predicted molar refractivity (Wildman–Crippen MR) is 108 cm³/mol. The predicted octanol–water partition coefficient (Wildman–Crippen LogP) is 5.49. The third-order valence-corrected chi connectivity index (χ3v) is 5.49. The molecule has 33 heavy (non-hydrogen) atoms. The molecule has 3 N–H and O–H groups in total. The molecule has 12 heteroatoms. The van der Waals surface area contributed by atoms with E-state index in [0.29, 0.717) is 43.2 Å². The van der Waals surface area contributed by atoms with Gasteiger partial charge in [-0.15, -0.1) is 0 Å². The van der Waals surface area contributed by atoms with E-state index < -0.39 is 29.8 Å². The maximum atomic E-state index is 12.8. The Morgan fingerprint density at radius 3 is 2.15 bits per heavy atom. The quantitative estimate of drug-likeness (QED) is 0.452. The molecular weight excluding hydrogens is 452 g/mol. The molecule has 1 saturated carbocycles. The Hall–Kier alpha value is -3.18. The number of halogens is 6. The number of allylic oxidation sites excluding steroid dienone is 1. The Labute approximate surface area is 185 Å². The standard InChI is InChI=1S/C21H21F6N5O/c1-2-14(18(33)31-13-9-29-19(30-10-13)21(25,26)27)11-3-5-12(6-4-11)15-7-8-16(20(22,23)24)32-17(15)28/h7-10,12H,2-6H2,1H3,(H2,28,32)(H,31,33). The van der Waals surface area contributed by atoms with Crippen molar-refractivity contribution in [1.29, 1.82) is 0 Å². The molecule has 0 aromatic carbocycles. The lowest BCUT2D eigenvalue weighted by Crippen LogP contribution is -2.19. The van der Waals surface area contributed by atoms with Gasteiger partial charge >= 0.3 is 12.4 Å². The van der Waals surface area contributed by atoms with Crippen LogP contribution in [0.25, 0.3) is 0 Å². The Bertz CT molecular complexity index is 1040. The van der Waals surface area contributed by atoms with Crippen molar-refractivity contribution in [2.24, 2.45) is 0 Å². The highest BCUT2D eigenvalue weighted by Crippen LogP contribution is 2.40. The van der Waals surface area contributed by atoms with Gasteiger partial charge in [0.2, 0.25) is 5.82 Å². The van der Waals surface area contributed by atoms with E-state index in [1.54, 1.807) is 6.92 Å². The van der Waals surface area contributed by atoms with Gasteiger partial charge in [-0.25, -0.2) is 15.0 Å². The molecule has 0 unspecified atom stereocenters. The monoisotopic (exact) mass is 473 g/mol. The lowest BCUT2D eigenvalue weighted by atomic mass is 9.79. The zero-order chi connectivity index (χ0) is 24.4. The molecule has 3 rings (SSSR count). The first-order valence-electron chi connectivity index (χ1n) is 10.1. The van der Waals surface area contributed by atoms with Gasteiger partial charge in [-0.3, -0.25) is 4.79 Å². The second kappa shape index (κ2) is 9.36. The second-order valence-corrected chi connectivity index (χ2v) is 7.63. The number of carbonyl (C=O) groups excluding carboxylic acids is 1. The summed E-state index contributed by atoms with van der Waals surface area (Å²) in [6.45, 7) is 1.79. The van der Waals surface area contributed by atoms with Crippen LogP contribution in [0.2, 0.25) is 0 Å². The van der Waals surface area contributed by atoms with Gasteiger partial charge in [0, 0.05) is 5.57 Å². The van der Waals surface area contributed by atoms with E-state index in [4.69, 9.17) is 5.73 Å². The summed E-state index contributed by atoms with van der Waals surface area (Å²) in [6.07, 6.45) is -4.85. The van der Waals surface area contributed by atoms with E-state index in [1.165, 1.54) is 6.07 Å². The van der Waals surface area contributed by atoms with Crippen molar-refractivity contribution in [2.75, 3.05) is 11.1 Å². The summed E-state index contributed by atoms with van der Waals surface area (Å²) in [5, 5.41) is 2.52. The lowest BCUT2D eigenvalue weighted by Gasteiger charge is -2.27. The number of amides is 1. The van der Waals surface area contributed by atoms with Crippen LogP contribution in [0.1, 0.15) is 62.0 Å². The normalized spacial score (nSPS) is 17.1. The molecular formula is C21H21F6N5O. The van der Waals surface area contributed by atoms with Gasteiger partial charge in [0.25, 0.3) is 5.91 Å². The number of hydrogen-bond acceptors (Lipinski definition) is 5. The maximum Gasteiger partial charge on any atom is 0.451 e. The second-order valence-electron chi connectivity index (χ2n) is 7.63. The number of rotatable bonds is 4. The first-order valence-corrected chi connectivity index (χ1v) is 10.1. The molecule has 1 aliphatic carbocycles. The van der Waals surface area contributed by atoms with Crippen LogP contribution in [0.3, 0.4) is 0 Å².